The SMILES string of the molecule is C#Cn1cc(-c2cnn(C3CCCCO3)c2)c2c(NC(=O)OC(C)(C)C)cc(Cl)c(F)c21. The first-order valence-corrected chi connectivity index (χ1v) is 10.7. The minimum atomic E-state index is -0.707. The number of carbonyl (C=O) groups is 1. The third kappa shape index (κ3) is 4.31. The number of nitrogens with one attached hydrogen (secondary N) is 1. The smallest absolute Gasteiger partial charge is 0.412 e. The van der Waals surface area contributed by atoms with Crippen molar-refractivity contribution in [2.45, 2.75) is 51.9 Å². The lowest BCUT2D eigenvalue weighted by Gasteiger charge is -2.22. The summed E-state index contributed by atoms with van der Waals surface area (Å²) >= 11 is 6.12. The van der Waals surface area contributed by atoms with Crippen LogP contribution in [0.25, 0.3) is 22.0 Å². The molecule has 7 nitrogen and oxygen atoms in total. The molecule has 3 aromatic rings. The van der Waals surface area contributed by atoms with Crippen molar-refractivity contribution in [3.63, 3.8) is 0 Å². The summed E-state index contributed by atoms with van der Waals surface area (Å²) in [5.74, 6) is -0.677. The molecule has 0 radical (unpaired) electrons. The molecule has 1 atom stereocenters. The lowest BCUT2D eigenvalue weighted by atomic mass is 10.1. The molecule has 168 valence electrons. The van der Waals surface area contributed by atoms with Crippen LogP contribution in [0.15, 0.2) is 24.7 Å². The van der Waals surface area contributed by atoms with Crippen molar-refractivity contribution >= 4 is 34.3 Å². The highest BCUT2D eigenvalue weighted by molar-refractivity contribution is 6.32. The minimum Gasteiger partial charge on any atom is -0.444 e. The molecular formula is C23H24ClFN4O3. The second-order valence-corrected chi connectivity index (χ2v) is 9.05. The van der Waals surface area contributed by atoms with E-state index in [9.17, 15) is 4.79 Å². The molecule has 1 unspecified atom stereocenters. The fourth-order valence-electron chi connectivity index (χ4n) is 3.77. The van der Waals surface area contributed by atoms with E-state index in [1.54, 1.807) is 37.8 Å². The lowest BCUT2D eigenvalue weighted by molar-refractivity contribution is -0.0394. The van der Waals surface area contributed by atoms with Crippen LogP contribution in [-0.4, -0.2) is 32.6 Å². The van der Waals surface area contributed by atoms with E-state index >= 15 is 4.39 Å². The molecule has 0 aliphatic carbocycles. The van der Waals surface area contributed by atoms with Gasteiger partial charge >= 0.3 is 6.09 Å². The maximum Gasteiger partial charge on any atom is 0.412 e. The normalized spacial score (nSPS) is 16.7. The molecule has 1 aromatic carbocycles. The number of ether oxygens (including phenoxy) is 2. The van der Waals surface area contributed by atoms with Gasteiger partial charge in [-0.25, -0.2) is 13.9 Å². The zero-order valence-electron chi connectivity index (χ0n) is 18.1. The molecule has 0 bridgehead atoms. The molecule has 1 saturated heterocycles. The average molecular weight is 459 g/mol. The Hall–Kier alpha value is -3.02. The first kappa shape index (κ1) is 22.2. The number of terminal acetylenes is 1. The summed E-state index contributed by atoms with van der Waals surface area (Å²) in [5, 5.41) is 7.35. The van der Waals surface area contributed by atoms with Crippen molar-refractivity contribution in [3.05, 3.63) is 35.5 Å². The predicted molar refractivity (Wildman–Crippen MR) is 121 cm³/mol. The van der Waals surface area contributed by atoms with Gasteiger partial charge < -0.3 is 9.47 Å². The molecule has 32 heavy (non-hydrogen) atoms. The Morgan fingerprint density at radius 1 is 1.41 bits per heavy atom. The molecule has 1 N–H and O–H groups in total. The summed E-state index contributed by atoms with van der Waals surface area (Å²) in [7, 11) is 0. The van der Waals surface area contributed by atoms with E-state index in [0.29, 0.717) is 23.1 Å². The molecule has 0 spiro atoms. The fourth-order valence-corrected chi connectivity index (χ4v) is 3.97. The van der Waals surface area contributed by atoms with Crippen LogP contribution >= 0.6 is 11.6 Å². The molecule has 2 aromatic heterocycles. The molecule has 1 aliphatic rings. The standard InChI is InChI=1S/C23H24ClFN4O3/c1-5-28-13-15(14-11-26-29(12-14)18-8-6-7-9-31-18)19-17(10-16(24)20(25)21(19)28)27-22(30)32-23(2,3)4/h1,10-13,18H,6-9H2,2-4H3,(H,27,30). The van der Waals surface area contributed by atoms with Crippen molar-refractivity contribution in [3.8, 4) is 23.6 Å². The number of hydrogen-bond acceptors (Lipinski definition) is 4. The van der Waals surface area contributed by atoms with E-state index in [0.717, 1.165) is 19.3 Å². The van der Waals surface area contributed by atoms with Gasteiger partial charge in [-0.3, -0.25) is 9.88 Å². The van der Waals surface area contributed by atoms with Crippen LogP contribution in [0, 0.1) is 18.3 Å². The summed E-state index contributed by atoms with van der Waals surface area (Å²) in [5.41, 5.74) is 0.963. The Bertz CT molecular complexity index is 1210. The van der Waals surface area contributed by atoms with Crippen LogP contribution in [0.2, 0.25) is 5.02 Å². The maximum atomic E-state index is 15.0. The summed E-state index contributed by atoms with van der Waals surface area (Å²) in [6.07, 6.45) is 12.9. The average Bonchev–Trinajstić information content (AvgIpc) is 3.36. The van der Waals surface area contributed by atoms with E-state index in [1.807, 2.05) is 6.20 Å². The van der Waals surface area contributed by atoms with Crippen molar-refractivity contribution in [1.82, 2.24) is 14.3 Å². The summed E-state index contributed by atoms with van der Waals surface area (Å²) in [6.45, 7) is 5.94. The maximum absolute atomic E-state index is 15.0. The molecular weight excluding hydrogens is 435 g/mol. The first-order valence-electron chi connectivity index (χ1n) is 10.3. The summed E-state index contributed by atoms with van der Waals surface area (Å²) in [4.78, 5) is 12.5. The molecule has 1 fully saturated rings. The third-order valence-electron chi connectivity index (χ3n) is 5.10. The fraction of sp³-hybridized carbons (Fsp3) is 0.391. The molecule has 1 aliphatic heterocycles. The van der Waals surface area contributed by atoms with Gasteiger partial charge in [0, 0.05) is 41.6 Å². The van der Waals surface area contributed by atoms with Gasteiger partial charge in [0.1, 0.15) is 17.3 Å². The highest BCUT2D eigenvalue weighted by Gasteiger charge is 2.24. The number of rotatable bonds is 3. The number of halogens is 2. The number of hydrogen-bond donors (Lipinski definition) is 1. The van der Waals surface area contributed by atoms with Gasteiger partial charge in [-0.2, -0.15) is 5.10 Å². The Morgan fingerprint density at radius 2 is 2.19 bits per heavy atom. The predicted octanol–water partition coefficient (Wildman–Crippen LogP) is 5.78. The first-order chi connectivity index (χ1) is 15.2. The van der Waals surface area contributed by atoms with Crippen LogP contribution in [0.4, 0.5) is 14.9 Å². The minimum absolute atomic E-state index is 0.0859. The monoisotopic (exact) mass is 458 g/mol. The van der Waals surface area contributed by atoms with Gasteiger partial charge in [0.15, 0.2) is 5.82 Å². The summed E-state index contributed by atoms with van der Waals surface area (Å²) in [6, 6.07) is 3.79. The second kappa shape index (κ2) is 8.49. The Labute approximate surface area is 190 Å². The number of fused-ring (bicyclic) bond motifs is 1. The van der Waals surface area contributed by atoms with E-state index in [1.165, 1.54) is 10.6 Å². The van der Waals surface area contributed by atoms with Crippen LogP contribution in [0.5, 0.6) is 0 Å². The number of anilines is 1. The van der Waals surface area contributed by atoms with Crippen LogP contribution in [0.1, 0.15) is 46.3 Å². The molecule has 3 heterocycles. The lowest BCUT2D eigenvalue weighted by Crippen LogP contribution is -2.27. The van der Waals surface area contributed by atoms with Gasteiger partial charge in [0.05, 0.1) is 16.9 Å². The number of aromatic nitrogens is 3. The van der Waals surface area contributed by atoms with E-state index in [4.69, 9.17) is 27.5 Å². The van der Waals surface area contributed by atoms with E-state index in [2.05, 4.69) is 16.5 Å². The molecule has 4 rings (SSSR count). The van der Waals surface area contributed by atoms with Crippen LogP contribution in [-0.2, 0) is 9.47 Å². The van der Waals surface area contributed by atoms with Crippen molar-refractivity contribution in [2.75, 3.05) is 11.9 Å². The van der Waals surface area contributed by atoms with Crippen molar-refractivity contribution < 1.29 is 18.7 Å². The van der Waals surface area contributed by atoms with E-state index < -0.39 is 17.5 Å². The van der Waals surface area contributed by atoms with Crippen LogP contribution in [0.3, 0.4) is 0 Å². The Kier molecular flexibility index (Phi) is 5.89. The van der Waals surface area contributed by atoms with Gasteiger partial charge in [-0.05, 0) is 46.1 Å². The topological polar surface area (TPSA) is 70.3 Å². The largest absolute Gasteiger partial charge is 0.444 e. The zero-order chi connectivity index (χ0) is 23.0. The van der Waals surface area contributed by atoms with Gasteiger partial charge in [0.25, 0.3) is 0 Å². The summed E-state index contributed by atoms with van der Waals surface area (Å²) < 4.78 is 29.2. The number of benzene rings is 1. The number of amides is 1. The van der Waals surface area contributed by atoms with E-state index in [-0.39, 0.29) is 22.5 Å². The van der Waals surface area contributed by atoms with Gasteiger partial charge in [-0.15, -0.1) is 0 Å². The molecule has 1 amide bonds. The van der Waals surface area contributed by atoms with Crippen molar-refractivity contribution in [2.24, 2.45) is 0 Å². The number of carbonyl (C=O) groups excluding carboxylic acids is 1. The second-order valence-electron chi connectivity index (χ2n) is 8.64. The Balaban J connectivity index is 1.83. The Morgan fingerprint density at radius 3 is 2.84 bits per heavy atom. The highest BCUT2D eigenvalue weighted by Crippen LogP contribution is 2.40. The quantitative estimate of drug-likeness (QED) is 0.505. The van der Waals surface area contributed by atoms with Gasteiger partial charge in [-0.1, -0.05) is 18.0 Å². The highest BCUT2D eigenvalue weighted by atomic mass is 35.5. The molecule has 9 heteroatoms. The number of nitrogens with zero attached hydrogens (tertiary/aromatic N) is 3. The zero-order valence-corrected chi connectivity index (χ0v) is 18.9. The van der Waals surface area contributed by atoms with Gasteiger partial charge in [0.2, 0.25) is 0 Å². The van der Waals surface area contributed by atoms with Crippen LogP contribution < -0.4 is 5.32 Å². The third-order valence-corrected chi connectivity index (χ3v) is 5.38. The van der Waals surface area contributed by atoms with Crippen molar-refractivity contribution in [1.29, 1.82) is 0 Å². The molecule has 0 saturated carbocycles.